The molecule has 0 N–H and O–H groups in total. The van der Waals surface area contributed by atoms with E-state index in [-0.39, 0.29) is 5.97 Å². The van der Waals surface area contributed by atoms with Crippen molar-refractivity contribution in [3.63, 3.8) is 0 Å². The third kappa shape index (κ3) is 3.16. The van der Waals surface area contributed by atoms with Crippen LogP contribution in [0.3, 0.4) is 0 Å². The minimum Gasteiger partial charge on any atom is -0.469 e. The number of fused-ring (bicyclic) bond motifs is 5. The van der Waals surface area contributed by atoms with E-state index in [2.05, 4.69) is 20.8 Å². The molecular weight excluding hydrogens is 348 g/mol. The average Bonchev–Trinajstić information content (AvgIpc) is 3.03. The van der Waals surface area contributed by atoms with Gasteiger partial charge in [-0.05, 0) is 97.7 Å². The van der Waals surface area contributed by atoms with E-state index in [0.29, 0.717) is 34.9 Å². The first-order valence-electron chi connectivity index (χ1n) is 11.9. The molecule has 28 heavy (non-hydrogen) atoms. The highest BCUT2D eigenvalue weighted by Gasteiger charge is 2.60. The van der Waals surface area contributed by atoms with Gasteiger partial charge in [-0.1, -0.05) is 20.8 Å². The van der Waals surface area contributed by atoms with Gasteiger partial charge in [0.15, 0.2) is 0 Å². The standard InChI is InChI=1S/C25H40O3/c1-16(5-10-23(27)28-4)20-8-9-21-19-7-6-17-15-18(26)11-13-24(17,2)22(19)12-14-25(20,21)3/h16-17,19-22H,5-15H2,1-4H3/t16-,17?,19?,20?,21?,22?,24+,25-/m1/s1. The largest absolute Gasteiger partial charge is 0.469 e. The Morgan fingerprint density at radius 1 is 1.07 bits per heavy atom. The summed E-state index contributed by atoms with van der Waals surface area (Å²) in [5, 5.41) is 0. The average molecular weight is 389 g/mol. The first kappa shape index (κ1) is 20.4. The number of hydrogen-bond acceptors (Lipinski definition) is 3. The Bertz CT molecular complexity index is 627. The molecule has 158 valence electrons. The number of ketones is 1. The fraction of sp³-hybridized carbons (Fsp3) is 0.920. The van der Waals surface area contributed by atoms with E-state index in [9.17, 15) is 9.59 Å². The van der Waals surface area contributed by atoms with Crippen molar-refractivity contribution in [2.75, 3.05) is 7.11 Å². The summed E-state index contributed by atoms with van der Waals surface area (Å²) in [7, 11) is 1.50. The fourth-order valence-electron chi connectivity index (χ4n) is 8.67. The van der Waals surface area contributed by atoms with E-state index in [1.54, 1.807) is 0 Å². The van der Waals surface area contributed by atoms with Crippen molar-refractivity contribution in [2.24, 2.45) is 46.3 Å². The summed E-state index contributed by atoms with van der Waals surface area (Å²) in [5.74, 6) is 5.01. The molecular formula is C25H40O3. The van der Waals surface area contributed by atoms with Crippen molar-refractivity contribution in [2.45, 2.75) is 91.4 Å². The van der Waals surface area contributed by atoms with E-state index in [0.717, 1.165) is 49.4 Å². The van der Waals surface area contributed by atoms with Crippen LogP contribution in [-0.2, 0) is 14.3 Å². The molecule has 4 fully saturated rings. The van der Waals surface area contributed by atoms with Gasteiger partial charge < -0.3 is 4.74 Å². The molecule has 8 atom stereocenters. The van der Waals surface area contributed by atoms with Gasteiger partial charge in [0, 0.05) is 19.3 Å². The monoisotopic (exact) mass is 388 g/mol. The number of rotatable bonds is 4. The maximum Gasteiger partial charge on any atom is 0.305 e. The van der Waals surface area contributed by atoms with Gasteiger partial charge in [0.1, 0.15) is 5.78 Å². The highest BCUT2D eigenvalue weighted by Crippen LogP contribution is 2.68. The molecule has 4 rings (SSSR count). The smallest absolute Gasteiger partial charge is 0.305 e. The van der Waals surface area contributed by atoms with Gasteiger partial charge >= 0.3 is 5.97 Å². The highest BCUT2D eigenvalue weighted by atomic mass is 16.5. The summed E-state index contributed by atoms with van der Waals surface area (Å²) in [4.78, 5) is 23.7. The summed E-state index contributed by atoms with van der Waals surface area (Å²) in [6.45, 7) is 7.49. The van der Waals surface area contributed by atoms with E-state index >= 15 is 0 Å². The molecule has 3 heteroatoms. The molecule has 4 aliphatic carbocycles. The van der Waals surface area contributed by atoms with E-state index in [1.165, 1.54) is 45.6 Å². The molecule has 3 nitrogen and oxygen atoms in total. The maximum absolute atomic E-state index is 12.1. The number of carbonyl (C=O) groups is 2. The third-order valence-electron chi connectivity index (χ3n) is 10.3. The highest BCUT2D eigenvalue weighted by molar-refractivity contribution is 5.79. The van der Waals surface area contributed by atoms with Crippen LogP contribution in [0.4, 0.5) is 0 Å². The zero-order valence-electron chi connectivity index (χ0n) is 18.5. The Morgan fingerprint density at radius 2 is 1.82 bits per heavy atom. The van der Waals surface area contributed by atoms with Gasteiger partial charge in [0.25, 0.3) is 0 Å². The molecule has 4 saturated carbocycles. The lowest BCUT2D eigenvalue weighted by atomic mass is 9.44. The van der Waals surface area contributed by atoms with Crippen molar-refractivity contribution in [1.82, 2.24) is 0 Å². The molecule has 0 amide bonds. The number of carbonyl (C=O) groups excluding carboxylic acids is 2. The van der Waals surface area contributed by atoms with Crippen LogP contribution in [0, 0.1) is 46.3 Å². The predicted octanol–water partition coefficient (Wildman–Crippen LogP) is 5.80. The minimum atomic E-state index is -0.0617. The van der Waals surface area contributed by atoms with Crippen molar-refractivity contribution >= 4 is 11.8 Å². The topological polar surface area (TPSA) is 43.4 Å². The molecule has 5 unspecified atom stereocenters. The van der Waals surface area contributed by atoms with Crippen molar-refractivity contribution < 1.29 is 14.3 Å². The van der Waals surface area contributed by atoms with Gasteiger partial charge in [-0.25, -0.2) is 0 Å². The second-order valence-electron chi connectivity index (χ2n) is 11.2. The fourth-order valence-corrected chi connectivity index (χ4v) is 8.67. The number of hydrogen-bond donors (Lipinski definition) is 0. The van der Waals surface area contributed by atoms with Crippen LogP contribution in [0.1, 0.15) is 91.4 Å². The van der Waals surface area contributed by atoms with Crippen LogP contribution in [0.25, 0.3) is 0 Å². The van der Waals surface area contributed by atoms with Crippen LogP contribution in [-0.4, -0.2) is 18.9 Å². The summed E-state index contributed by atoms with van der Waals surface area (Å²) in [5.41, 5.74) is 0.858. The quantitative estimate of drug-likeness (QED) is 0.571. The maximum atomic E-state index is 12.1. The number of Topliss-reactive ketones (excluding diaryl/α,β-unsaturated/α-hetero) is 1. The predicted molar refractivity (Wildman–Crippen MR) is 111 cm³/mol. The number of ether oxygens (including phenoxy) is 1. The lowest BCUT2D eigenvalue weighted by molar-refractivity contribution is -0.141. The van der Waals surface area contributed by atoms with E-state index < -0.39 is 0 Å². The van der Waals surface area contributed by atoms with Crippen LogP contribution in [0.5, 0.6) is 0 Å². The summed E-state index contributed by atoms with van der Waals surface area (Å²) >= 11 is 0. The number of methoxy groups -OCH3 is 1. The molecule has 4 aliphatic rings. The second-order valence-corrected chi connectivity index (χ2v) is 11.2. The van der Waals surface area contributed by atoms with Gasteiger partial charge in [0.2, 0.25) is 0 Å². The van der Waals surface area contributed by atoms with Gasteiger partial charge in [0.05, 0.1) is 7.11 Å². The lowest BCUT2D eigenvalue weighted by Gasteiger charge is -2.60. The molecule has 0 bridgehead atoms. The van der Waals surface area contributed by atoms with Gasteiger partial charge in [-0.2, -0.15) is 0 Å². The molecule has 0 aliphatic heterocycles. The minimum absolute atomic E-state index is 0.0617. The van der Waals surface area contributed by atoms with Gasteiger partial charge in [-0.3, -0.25) is 9.59 Å². The number of esters is 1. The van der Waals surface area contributed by atoms with Crippen LogP contribution < -0.4 is 0 Å². The van der Waals surface area contributed by atoms with E-state index in [1.807, 2.05) is 0 Å². The third-order valence-corrected chi connectivity index (χ3v) is 10.3. The Labute approximate surface area is 171 Å². The molecule has 0 aromatic heterocycles. The Morgan fingerprint density at radius 3 is 2.57 bits per heavy atom. The summed E-state index contributed by atoms with van der Waals surface area (Å²) in [6.07, 6.45) is 12.4. The summed E-state index contributed by atoms with van der Waals surface area (Å²) in [6, 6.07) is 0. The second kappa shape index (κ2) is 7.43. The Hall–Kier alpha value is -0.860. The summed E-state index contributed by atoms with van der Waals surface area (Å²) < 4.78 is 4.87. The Kier molecular flexibility index (Phi) is 5.42. The molecule has 0 spiro atoms. The Balaban J connectivity index is 1.49. The molecule has 0 heterocycles. The molecule has 0 saturated heterocycles. The van der Waals surface area contributed by atoms with Crippen molar-refractivity contribution in [1.29, 1.82) is 0 Å². The first-order chi connectivity index (χ1) is 13.3. The normalized spacial score (nSPS) is 46.3. The van der Waals surface area contributed by atoms with Crippen LogP contribution in [0.15, 0.2) is 0 Å². The van der Waals surface area contributed by atoms with Crippen LogP contribution in [0.2, 0.25) is 0 Å². The molecule has 0 aromatic rings. The van der Waals surface area contributed by atoms with Crippen molar-refractivity contribution in [3.8, 4) is 0 Å². The SMILES string of the molecule is COC(=O)CC[C@@H](C)C1CCC2C3CCC4CC(=O)CC[C@]4(C)C3CC[C@@]21C. The molecule has 0 radical (unpaired) electrons. The van der Waals surface area contributed by atoms with Crippen molar-refractivity contribution in [3.05, 3.63) is 0 Å². The zero-order valence-corrected chi connectivity index (χ0v) is 18.5. The van der Waals surface area contributed by atoms with Crippen LogP contribution >= 0.6 is 0 Å². The van der Waals surface area contributed by atoms with Gasteiger partial charge in [-0.15, -0.1) is 0 Å². The first-order valence-corrected chi connectivity index (χ1v) is 11.9. The van der Waals surface area contributed by atoms with E-state index in [4.69, 9.17) is 4.74 Å². The zero-order chi connectivity index (χ0) is 20.1. The lowest BCUT2D eigenvalue weighted by Crippen LogP contribution is -2.53. The molecule has 0 aromatic carbocycles.